The number of rotatable bonds is 4. The van der Waals surface area contributed by atoms with Gasteiger partial charge in [0.2, 0.25) is 13.6 Å². The number of thioether (sulfide) groups is 1. The number of aliphatic imine (C=N–C) groups is 1. The summed E-state index contributed by atoms with van der Waals surface area (Å²) in [4.78, 5) is 34.6. The van der Waals surface area contributed by atoms with E-state index >= 15 is 0 Å². The van der Waals surface area contributed by atoms with E-state index in [0.717, 1.165) is 5.56 Å². The fourth-order valence-corrected chi connectivity index (χ4v) is 5.56. The number of carbonyl (C=O) groups is 2. The van der Waals surface area contributed by atoms with Crippen LogP contribution in [0.25, 0.3) is 6.08 Å². The van der Waals surface area contributed by atoms with Crippen LogP contribution in [0.2, 0.25) is 0 Å². The first-order valence-electron chi connectivity index (χ1n) is 12.9. The van der Waals surface area contributed by atoms with Gasteiger partial charge < -0.3 is 33.3 Å². The van der Waals surface area contributed by atoms with Gasteiger partial charge in [0.15, 0.2) is 28.2 Å². The molecule has 0 unspecified atom stereocenters. The average Bonchev–Trinajstić information content (AvgIpc) is 3.73. The van der Waals surface area contributed by atoms with Crippen molar-refractivity contribution in [3.05, 3.63) is 71.1 Å². The van der Waals surface area contributed by atoms with Crippen molar-refractivity contribution in [3.8, 4) is 28.7 Å². The third-order valence-corrected chi connectivity index (χ3v) is 7.62. The lowest BCUT2D eigenvalue weighted by Crippen LogP contribution is -2.42. The summed E-state index contributed by atoms with van der Waals surface area (Å²) in [5, 5.41) is 0.468. The van der Waals surface area contributed by atoms with E-state index in [2.05, 4.69) is 0 Å². The Bertz CT molecular complexity index is 1580. The lowest BCUT2D eigenvalue weighted by Gasteiger charge is -2.25. The van der Waals surface area contributed by atoms with Crippen molar-refractivity contribution in [2.75, 3.05) is 44.8 Å². The molecule has 4 aliphatic rings. The van der Waals surface area contributed by atoms with Crippen molar-refractivity contribution >= 4 is 46.4 Å². The minimum Gasteiger partial charge on any atom is -0.454 e. The number of anilines is 1. The monoisotopic (exact) mass is 573 g/mol. The van der Waals surface area contributed by atoms with Crippen molar-refractivity contribution in [2.24, 2.45) is 4.99 Å². The SMILES string of the molecule is O=C(Oc1ccc(C=C2SC(=Nc3ccc4c(c3)OCO4)N(c3ccc4c(c3)OCO4)C2=O)cc1)N1CCOCC1. The molecule has 3 aromatic rings. The summed E-state index contributed by atoms with van der Waals surface area (Å²) >= 11 is 1.25. The summed E-state index contributed by atoms with van der Waals surface area (Å²) in [5.41, 5.74) is 1.98. The molecule has 0 aliphatic carbocycles. The first-order chi connectivity index (χ1) is 20.1. The molecule has 208 valence electrons. The number of hydrogen-bond donors (Lipinski definition) is 0. The molecule has 0 radical (unpaired) electrons. The molecule has 0 bridgehead atoms. The summed E-state index contributed by atoms with van der Waals surface area (Å²) in [6, 6.07) is 17.7. The fraction of sp³-hybridized carbons (Fsp3) is 0.207. The second kappa shape index (κ2) is 10.7. The van der Waals surface area contributed by atoms with Gasteiger partial charge in [0.05, 0.1) is 29.5 Å². The first kappa shape index (κ1) is 25.3. The van der Waals surface area contributed by atoms with Crippen LogP contribution in [-0.4, -0.2) is 62.0 Å². The number of hydrogen-bond acceptors (Lipinski definition) is 10. The van der Waals surface area contributed by atoms with E-state index in [1.165, 1.54) is 11.8 Å². The van der Waals surface area contributed by atoms with Gasteiger partial charge in [0.1, 0.15) is 5.75 Å². The predicted molar refractivity (Wildman–Crippen MR) is 150 cm³/mol. The van der Waals surface area contributed by atoms with E-state index in [-0.39, 0.29) is 19.5 Å². The minimum absolute atomic E-state index is 0.128. The van der Waals surface area contributed by atoms with Crippen LogP contribution in [0, 0.1) is 0 Å². The molecule has 0 atom stereocenters. The van der Waals surface area contributed by atoms with Crippen molar-refractivity contribution < 1.29 is 38.0 Å². The molecule has 4 heterocycles. The van der Waals surface area contributed by atoms with Crippen LogP contribution in [0.5, 0.6) is 28.7 Å². The zero-order valence-electron chi connectivity index (χ0n) is 21.6. The van der Waals surface area contributed by atoms with Crippen LogP contribution in [0.15, 0.2) is 70.6 Å². The van der Waals surface area contributed by atoms with E-state index in [9.17, 15) is 9.59 Å². The molecule has 2 amide bonds. The van der Waals surface area contributed by atoms with Crippen molar-refractivity contribution in [2.45, 2.75) is 0 Å². The second-order valence-electron chi connectivity index (χ2n) is 9.26. The van der Waals surface area contributed by atoms with Crippen LogP contribution in [0.4, 0.5) is 16.2 Å². The molecule has 2 saturated heterocycles. The number of amidine groups is 1. The van der Waals surface area contributed by atoms with Gasteiger partial charge in [-0.3, -0.25) is 9.69 Å². The number of benzene rings is 3. The molecule has 41 heavy (non-hydrogen) atoms. The molecular formula is C29H23N3O8S. The van der Waals surface area contributed by atoms with Crippen molar-refractivity contribution in [1.29, 1.82) is 0 Å². The van der Waals surface area contributed by atoms with Crippen LogP contribution >= 0.6 is 11.8 Å². The van der Waals surface area contributed by atoms with Gasteiger partial charge >= 0.3 is 6.09 Å². The van der Waals surface area contributed by atoms with Crippen molar-refractivity contribution in [3.63, 3.8) is 0 Å². The van der Waals surface area contributed by atoms with Crippen LogP contribution < -0.4 is 28.6 Å². The Hall–Kier alpha value is -4.68. The van der Waals surface area contributed by atoms with Gasteiger partial charge in [-0.05, 0) is 59.8 Å². The average molecular weight is 574 g/mol. The van der Waals surface area contributed by atoms with Gasteiger partial charge in [-0.2, -0.15) is 0 Å². The molecule has 0 saturated carbocycles. The smallest absolute Gasteiger partial charge is 0.415 e. The third-order valence-electron chi connectivity index (χ3n) is 6.65. The molecule has 11 nitrogen and oxygen atoms in total. The van der Waals surface area contributed by atoms with E-state index in [1.807, 2.05) is 6.07 Å². The Labute approximate surface area is 238 Å². The highest BCUT2D eigenvalue weighted by atomic mass is 32.2. The number of nitrogens with zero attached hydrogens (tertiary/aromatic N) is 3. The summed E-state index contributed by atoms with van der Waals surface area (Å²) in [7, 11) is 0. The Kier molecular flexibility index (Phi) is 6.61. The van der Waals surface area contributed by atoms with Gasteiger partial charge in [0, 0.05) is 25.2 Å². The molecule has 0 N–H and O–H groups in total. The topological polar surface area (TPSA) is 108 Å². The highest BCUT2D eigenvalue weighted by Gasteiger charge is 2.36. The minimum atomic E-state index is -0.412. The number of amides is 2. The maximum atomic E-state index is 13.7. The lowest BCUT2D eigenvalue weighted by molar-refractivity contribution is -0.113. The number of fused-ring (bicyclic) bond motifs is 2. The highest BCUT2D eigenvalue weighted by molar-refractivity contribution is 8.19. The molecule has 2 fully saturated rings. The standard InChI is InChI=1S/C29H23N3O8S/c33-27-26(13-18-1-5-21(6-2-18)40-29(34)31-9-11-35-12-10-31)41-28(30-19-3-7-22-24(14-19)38-16-36-22)32(27)20-4-8-23-25(15-20)39-17-37-23/h1-8,13-15H,9-12,16-17H2. The third kappa shape index (κ3) is 5.14. The normalized spacial score (nSPS) is 19.4. The summed E-state index contributed by atoms with van der Waals surface area (Å²) in [5.74, 6) is 2.60. The Morgan fingerprint density at radius 3 is 2.29 bits per heavy atom. The van der Waals surface area contributed by atoms with Crippen LogP contribution in [0.1, 0.15) is 5.56 Å². The summed E-state index contributed by atoms with van der Waals surface area (Å²) in [6.07, 6.45) is 1.37. The van der Waals surface area contributed by atoms with Gasteiger partial charge in [0.25, 0.3) is 5.91 Å². The van der Waals surface area contributed by atoms with E-state index in [1.54, 1.807) is 70.5 Å². The van der Waals surface area contributed by atoms with Gasteiger partial charge in [-0.25, -0.2) is 9.79 Å². The van der Waals surface area contributed by atoms with Crippen molar-refractivity contribution in [1.82, 2.24) is 4.90 Å². The quantitative estimate of drug-likeness (QED) is 0.407. The molecular weight excluding hydrogens is 550 g/mol. The second-order valence-corrected chi connectivity index (χ2v) is 10.3. The fourth-order valence-electron chi connectivity index (χ4n) is 4.56. The zero-order chi connectivity index (χ0) is 27.8. The maximum absolute atomic E-state index is 13.7. The van der Waals surface area contributed by atoms with E-state index in [0.29, 0.717) is 76.5 Å². The van der Waals surface area contributed by atoms with E-state index in [4.69, 9.17) is 33.4 Å². The van der Waals surface area contributed by atoms with Crippen LogP contribution in [0.3, 0.4) is 0 Å². The molecule has 4 aliphatic heterocycles. The predicted octanol–water partition coefficient (Wildman–Crippen LogP) is 4.78. The first-order valence-corrected chi connectivity index (χ1v) is 13.7. The zero-order valence-corrected chi connectivity index (χ0v) is 22.4. The van der Waals surface area contributed by atoms with Gasteiger partial charge in [-0.15, -0.1) is 0 Å². The Balaban J connectivity index is 1.16. The molecule has 3 aromatic carbocycles. The lowest BCUT2D eigenvalue weighted by atomic mass is 10.2. The number of ether oxygens (including phenoxy) is 6. The van der Waals surface area contributed by atoms with Gasteiger partial charge in [-0.1, -0.05) is 12.1 Å². The highest BCUT2D eigenvalue weighted by Crippen LogP contribution is 2.42. The van der Waals surface area contributed by atoms with Crippen LogP contribution in [-0.2, 0) is 9.53 Å². The maximum Gasteiger partial charge on any atom is 0.415 e. The van der Waals surface area contributed by atoms with E-state index < -0.39 is 6.09 Å². The summed E-state index contributed by atoms with van der Waals surface area (Å²) < 4.78 is 32.7. The number of carbonyl (C=O) groups excluding carboxylic acids is 2. The molecule has 7 rings (SSSR count). The summed E-state index contributed by atoms with van der Waals surface area (Å²) in [6.45, 7) is 2.27. The Morgan fingerprint density at radius 1 is 0.854 bits per heavy atom. The largest absolute Gasteiger partial charge is 0.454 e. The molecule has 0 aromatic heterocycles. The molecule has 0 spiro atoms. The number of morpholine rings is 1. The Morgan fingerprint density at radius 2 is 1.54 bits per heavy atom. The molecule has 12 heteroatoms.